The molecule has 0 fully saturated rings. The van der Waals surface area contributed by atoms with Crippen LogP contribution in [0.25, 0.3) is 33.4 Å². The number of aromatic nitrogens is 5. The molecule has 2 aromatic carbocycles. The van der Waals surface area contributed by atoms with Gasteiger partial charge in [-0.2, -0.15) is 10.1 Å². The van der Waals surface area contributed by atoms with Crippen LogP contribution in [0.4, 0.5) is 15.9 Å². The molecule has 32 heavy (non-hydrogen) atoms. The first kappa shape index (κ1) is 18.7. The van der Waals surface area contributed by atoms with E-state index in [1.165, 1.54) is 11.6 Å². The molecule has 1 aromatic heterocycles. The minimum absolute atomic E-state index is 0.225. The molecule has 0 aliphatic carbocycles. The summed E-state index contributed by atoms with van der Waals surface area (Å²) in [5.74, 6) is 1.39. The number of rotatable bonds is 2. The van der Waals surface area contributed by atoms with Gasteiger partial charge in [-0.25, -0.2) is 14.4 Å². The fourth-order valence-electron chi connectivity index (χ4n) is 4.40. The smallest absolute Gasteiger partial charge is 0.251 e. The van der Waals surface area contributed by atoms with Gasteiger partial charge in [0.05, 0.1) is 11.7 Å². The maximum absolute atomic E-state index is 14.1. The van der Waals surface area contributed by atoms with Gasteiger partial charge in [-0.1, -0.05) is 18.2 Å². The standard InChI is InChI=1S/C24H20FN7/c1-14-7-8-19-17(13-28-31-19)21(14)16-11-15-12-27-24(29-20-6-3-2-5-18(20)25)30-22(15)32-10-4-9-26-23(16)32/h2-3,5-8,11-13,26H,4,9-10H2,1H3,(H,28,31). The van der Waals surface area contributed by atoms with Crippen molar-refractivity contribution < 1.29 is 4.39 Å². The summed E-state index contributed by atoms with van der Waals surface area (Å²) in [4.78, 5) is 13.4. The molecule has 0 saturated heterocycles. The number of halogens is 1. The highest BCUT2D eigenvalue weighted by Gasteiger charge is 2.23. The van der Waals surface area contributed by atoms with Crippen LogP contribution in [0.5, 0.6) is 0 Å². The summed E-state index contributed by atoms with van der Waals surface area (Å²) >= 11 is 0. The number of para-hydroxylation sites is 1. The van der Waals surface area contributed by atoms with Crippen molar-refractivity contribution in [3.8, 4) is 22.5 Å². The van der Waals surface area contributed by atoms with E-state index in [9.17, 15) is 4.39 Å². The molecule has 3 aliphatic heterocycles. The van der Waals surface area contributed by atoms with E-state index in [-0.39, 0.29) is 11.3 Å². The summed E-state index contributed by atoms with van der Waals surface area (Å²) in [7, 11) is 0. The van der Waals surface area contributed by atoms with Crippen molar-refractivity contribution in [2.24, 2.45) is 4.99 Å². The molecule has 8 heteroatoms. The number of anilines is 1. The fraction of sp³-hybridized carbons (Fsp3) is 0.167. The van der Waals surface area contributed by atoms with E-state index in [0.717, 1.165) is 58.7 Å². The quantitative estimate of drug-likeness (QED) is 0.439. The molecule has 2 N–H and O–H groups in total. The third-order valence-electron chi connectivity index (χ3n) is 5.89. The van der Waals surface area contributed by atoms with Gasteiger partial charge in [-0.15, -0.1) is 0 Å². The average molecular weight is 425 g/mol. The van der Waals surface area contributed by atoms with Crippen molar-refractivity contribution in [1.82, 2.24) is 24.7 Å². The van der Waals surface area contributed by atoms with Crippen LogP contribution in [0.1, 0.15) is 12.0 Å². The highest BCUT2D eigenvalue weighted by molar-refractivity contribution is 6.00. The Kier molecular flexibility index (Phi) is 4.24. The van der Waals surface area contributed by atoms with Gasteiger partial charge in [0, 0.05) is 35.8 Å². The molecule has 6 rings (SSSR count). The number of nitrogens with zero attached hydrogens (tertiary/aromatic N) is 5. The van der Waals surface area contributed by atoms with Gasteiger partial charge in [0.25, 0.3) is 5.62 Å². The molecule has 3 aliphatic rings. The first-order chi connectivity index (χ1) is 15.7. The van der Waals surface area contributed by atoms with Crippen LogP contribution in [0, 0.1) is 12.7 Å². The monoisotopic (exact) mass is 425 g/mol. The molecule has 0 saturated carbocycles. The van der Waals surface area contributed by atoms with E-state index in [0.29, 0.717) is 0 Å². The van der Waals surface area contributed by atoms with Crippen LogP contribution in [0.2, 0.25) is 0 Å². The van der Waals surface area contributed by atoms with E-state index >= 15 is 0 Å². The van der Waals surface area contributed by atoms with Crippen molar-refractivity contribution >= 4 is 22.4 Å². The molecule has 158 valence electrons. The lowest BCUT2D eigenvalue weighted by molar-refractivity contribution is 0.619. The summed E-state index contributed by atoms with van der Waals surface area (Å²) in [6, 6.07) is 12.6. The lowest BCUT2D eigenvalue weighted by Crippen LogP contribution is -2.25. The fourth-order valence-corrected chi connectivity index (χ4v) is 4.40. The van der Waals surface area contributed by atoms with Gasteiger partial charge in [0.2, 0.25) is 0 Å². The topological polar surface area (TPSA) is 83.8 Å². The van der Waals surface area contributed by atoms with Gasteiger partial charge in [0.1, 0.15) is 23.1 Å². The van der Waals surface area contributed by atoms with Crippen molar-refractivity contribution in [3.63, 3.8) is 0 Å². The number of hydrogen-bond acceptors (Lipinski definition) is 5. The number of H-pyrrole nitrogens is 1. The lowest BCUT2D eigenvalue weighted by Gasteiger charge is -2.28. The van der Waals surface area contributed by atoms with Crippen LogP contribution in [-0.4, -0.2) is 31.3 Å². The van der Waals surface area contributed by atoms with Gasteiger partial charge in [-0.05, 0) is 48.7 Å². The zero-order valence-electron chi connectivity index (χ0n) is 17.4. The van der Waals surface area contributed by atoms with Crippen LogP contribution in [-0.2, 0) is 6.54 Å². The maximum atomic E-state index is 14.1. The Bertz CT molecular complexity index is 1510. The minimum atomic E-state index is -0.397. The van der Waals surface area contributed by atoms with E-state index in [1.807, 2.05) is 6.20 Å². The Hall–Kier alpha value is -4.07. The van der Waals surface area contributed by atoms with E-state index in [1.54, 1.807) is 24.4 Å². The predicted molar refractivity (Wildman–Crippen MR) is 121 cm³/mol. The van der Waals surface area contributed by atoms with Gasteiger partial charge < -0.3 is 9.88 Å². The molecular weight excluding hydrogens is 405 g/mol. The van der Waals surface area contributed by atoms with Crippen molar-refractivity contribution in [1.29, 1.82) is 0 Å². The average Bonchev–Trinajstić information content (AvgIpc) is 3.29. The molecule has 0 spiro atoms. The molecule has 0 amide bonds. The van der Waals surface area contributed by atoms with Crippen LogP contribution in [0.15, 0.2) is 59.9 Å². The lowest BCUT2D eigenvalue weighted by atomic mass is 9.95. The molecule has 0 bridgehead atoms. The number of aryl methyl sites for hydroxylation is 1. The van der Waals surface area contributed by atoms with E-state index < -0.39 is 5.82 Å². The van der Waals surface area contributed by atoms with Crippen LogP contribution < -0.4 is 10.9 Å². The number of pyridine rings is 1. The Labute approximate surface area is 183 Å². The number of nitrogens with one attached hydrogen (secondary N) is 2. The summed E-state index contributed by atoms with van der Waals surface area (Å²) < 4.78 is 16.2. The Morgan fingerprint density at radius 2 is 2.03 bits per heavy atom. The largest absolute Gasteiger partial charge is 0.371 e. The van der Waals surface area contributed by atoms with Gasteiger partial charge in [-0.3, -0.25) is 5.10 Å². The van der Waals surface area contributed by atoms with Gasteiger partial charge >= 0.3 is 0 Å². The zero-order chi connectivity index (χ0) is 21.7. The van der Waals surface area contributed by atoms with E-state index in [2.05, 4.69) is 55.2 Å². The Balaban J connectivity index is 1.62. The van der Waals surface area contributed by atoms with Gasteiger partial charge in [0.15, 0.2) is 0 Å². The highest BCUT2D eigenvalue weighted by atomic mass is 19.1. The molecular formula is C24H20FN7. The molecule has 0 atom stereocenters. The summed E-state index contributed by atoms with van der Waals surface area (Å²) in [5.41, 5.74) is 5.75. The SMILES string of the molecule is Cc1ccc2[nH]ncc2c1-c1cc2cnc(=Nc3ccccc3F)nc-2n2c1NCCC2. The molecule has 3 aromatic rings. The second kappa shape index (κ2) is 7.26. The second-order valence-electron chi connectivity index (χ2n) is 7.94. The third-order valence-corrected chi connectivity index (χ3v) is 5.89. The predicted octanol–water partition coefficient (Wildman–Crippen LogP) is 4.42. The zero-order valence-corrected chi connectivity index (χ0v) is 17.4. The molecule has 7 nitrogen and oxygen atoms in total. The minimum Gasteiger partial charge on any atom is -0.371 e. The summed E-state index contributed by atoms with van der Waals surface area (Å²) in [5, 5.41) is 11.9. The van der Waals surface area contributed by atoms with Crippen LogP contribution in [0.3, 0.4) is 0 Å². The summed E-state index contributed by atoms with van der Waals surface area (Å²) in [6.07, 6.45) is 4.61. The third kappa shape index (κ3) is 2.95. The maximum Gasteiger partial charge on any atom is 0.251 e. The second-order valence-corrected chi connectivity index (χ2v) is 7.94. The van der Waals surface area contributed by atoms with E-state index in [4.69, 9.17) is 4.98 Å². The highest BCUT2D eigenvalue weighted by Crippen LogP contribution is 2.40. The molecule has 0 radical (unpaired) electrons. The first-order valence-electron chi connectivity index (χ1n) is 10.6. The summed E-state index contributed by atoms with van der Waals surface area (Å²) in [6.45, 7) is 3.82. The molecule has 0 unspecified atom stereocenters. The van der Waals surface area contributed by atoms with Crippen molar-refractivity contribution in [3.05, 3.63) is 71.9 Å². The molecule has 4 heterocycles. The number of benzene rings is 2. The Morgan fingerprint density at radius 3 is 2.94 bits per heavy atom. The van der Waals surface area contributed by atoms with Crippen molar-refractivity contribution in [2.45, 2.75) is 19.9 Å². The number of fused-ring (bicyclic) bond motifs is 4. The normalized spacial score (nSPS) is 14.0. The van der Waals surface area contributed by atoms with Crippen molar-refractivity contribution in [2.75, 3.05) is 11.9 Å². The number of aromatic amines is 1. The van der Waals surface area contributed by atoms with Crippen LogP contribution >= 0.6 is 0 Å². The Morgan fingerprint density at radius 1 is 1.12 bits per heavy atom. The first-order valence-corrected chi connectivity index (χ1v) is 10.6. The number of hydrogen-bond donors (Lipinski definition) is 2.